The van der Waals surface area contributed by atoms with Crippen LogP contribution in [0, 0.1) is 6.92 Å². The van der Waals surface area contributed by atoms with Crippen molar-refractivity contribution in [3.8, 4) is 5.75 Å². The van der Waals surface area contributed by atoms with Gasteiger partial charge in [0, 0.05) is 16.5 Å². The molecule has 2 nitrogen and oxygen atoms in total. The molecule has 3 heteroatoms. The largest absolute Gasteiger partial charge is 0.493 e. The molecule has 0 fully saturated rings. The maximum atomic E-state index is 10.1. The Hall–Kier alpha value is -0.830. The zero-order valence-electron chi connectivity index (χ0n) is 11.0. The van der Waals surface area contributed by atoms with Crippen LogP contribution in [0.25, 0.3) is 0 Å². The van der Waals surface area contributed by atoms with Gasteiger partial charge < -0.3 is 9.53 Å². The van der Waals surface area contributed by atoms with Gasteiger partial charge in [-0.2, -0.15) is 0 Å². The summed E-state index contributed by atoms with van der Waals surface area (Å²) in [6, 6.07) is 6.02. The van der Waals surface area contributed by atoms with E-state index in [-0.39, 0.29) is 0 Å². The zero-order valence-corrected chi connectivity index (χ0v) is 12.5. The lowest BCUT2D eigenvalue weighted by Gasteiger charge is -2.09. The molecule has 0 radical (unpaired) electrons. The maximum absolute atomic E-state index is 10.1. The first-order valence-electron chi connectivity index (χ1n) is 6.57. The van der Waals surface area contributed by atoms with Crippen molar-refractivity contribution in [3.63, 3.8) is 0 Å². The van der Waals surface area contributed by atoms with E-state index in [0.717, 1.165) is 47.9 Å². The molecule has 1 rings (SSSR count). The second-order valence-electron chi connectivity index (χ2n) is 4.43. The molecule has 1 aromatic rings. The van der Waals surface area contributed by atoms with E-state index in [2.05, 4.69) is 22.9 Å². The number of ether oxygens (including phenoxy) is 1. The Kier molecular flexibility index (Phi) is 7.74. The van der Waals surface area contributed by atoms with Gasteiger partial charge in [-0.3, -0.25) is 0 Å². The first kappa shape index (κ1) is 15.2. The fraction of sp³-hybridized carbons (Fsp3) is 0.533. The summed E-state index contributed by atoms with van der Waals surface area (Å²) >= 11 is 3.50. The van der Waals surface area contributed by atoms with E-state index in [1.165, 1.54) is 12.8 Å². The molecule has 0 bridgehead atoms. The molecule has 0 spiro atoms. The Labute approximate surface area is 118 Å². The molecule has 0 aliphatic heterocycles. The fourth-order valence-electron chi connectivity index (χ4n) is 1.79. The number of aldehydes is 1. The summed E-state index contributed by atoms with van der Waals surface area (Å²) in [6.07, 6.45) is 7.31. The van der Waals surface area contributed by atoms with Crippen molar-refractivity contribution < 1.29 is 9.53 Å². The van der Waals surface area contributed by atoms with Gasteiger partial charge >= 0.3 is 0 Å². The summed E-state index contributed by atoms with van der Waals surface area (Å²) in [6.45, 7) is 2.82. The summed E-state index contributed by atoms with van der Waals surface area (Å²) in [7, 11) is 0. The molecule has 0 amide bonds. The highest BCUT2D eigenvalue weighted by Crippen LogP contribution is 2.25. The Morgan fingerprint density at radius 3 is 2.67 bits per heavy atom. The molecule has 1 aromatic carbocycles. The summed E-state index contributed by atoms with van der Waals surface area (Å²) in [5.41, 5.74) is 1.16. The highest BCUT2D eigenvalue weighted by Gasteiger charge is 2.02. The lowest BCUT2D eigenvalue weighted by atomic mass is 10.1. The number of hydrogen-bond acceptors (Lipinski definition) is 2. The van der Waals surface area contributed by atoms with E-state index in [1.807, 2.05) is 18.2 Å². The number of rotatable bonds is 9. The van der Waals surface area contributed by atoms with Crippen molar-refractivity contribution >= 4 is 22.2 Å². The van der Waals surface area contributed by atoms with Gasteiger partial charge in [-0.25, -0.2) is 0 Å². The Morgan fingerprint density at radius 2 is 1.89 bits per heavy atom. The fourth-order valence-corrected chi connectivity index (χ4v) is 2.13. The number of unbranched alkanes of at least 4 members (excludes halogenated alkanes) is 5. The quantitative estimate of drug-likeness (QED) is 0.489. The van der Waals surface area contributed by atoms with E-state index in [4.69, 9.17) is 4.74 Å². The predicted octanol–water partition coefficient (Wildman–Crippen LogP) is 4.68. The molecular formula is C15H21BrO2. The number of carbonyl (C=O) groups excluding carboxylic acids is 1. The SMILES string of the molecule is Cc1c(Br)cccc1OCCCCCCCC=O. The highest BCUT2D eigenvalue weighted by atomic mass is 79.9. The van der Waals surface area contributed by atoms with Crippen LogP contribution in [-0.2, 0) is 4.79 Å². The average Bonchev–Trinajstić information content (AvgIpc) is 2.37. The minimum atomic E-state index is 0.702. The van der Waals surface area contributed by atoms with Gasteiger partial charge in [0.25, 0.3) is 0 Å². The molecule has 18 heavy (non-hydrogen) atoms. The second kappa shape index (κ2) is 9.15. The first-order valence-corrected chi connectivity index (χ1v) is 7.36. The maximum Gasteiger partial charge on any atom is 0.123 e. The number of hydrogen-bond donors (Lipinski definition) is 0. The van der Waals surface area contributed by atoms with Crippen molar-refractivity contribution in [2.45, 2.75) is 45.4 Å². The van der Waals surface area contributed by atoms with Crippen LogP contribution in [0.1, 0.15) is 44.1 Å². The Morgan fingerprint density at radius 1 is 1.17 bits per heavy atom. The standard InChI is InChI=1S/C15H21BrO2/c1-13-14(16)9-8-10-15(13)18-12-7-5-3-2-4-6-11-17/h8-11H,2-7,12H2,1H3. The topological polar surface area (TPSA) is 26.3 Å². The van der Waals surface area contributed by atoms with E-state index in [9.17, 15) is 4.79 Å². The number of halogens is 1. The van der Waals surface area contributed by atoms with Crippen molar-refractivity contribution in [2.24, 2.45) is 0 Å². The van der Waals surface area contributed by atoms with Crippen LogP contribution in [-0.4, -0.2) is 12.9 Å². The van der Waals surface area contributed by atoms with Gasteiger partial charge in [0.15, 0.2) is 0 Å². The lowest BCUT2D eigenvalue weighted by molar-refractivity contribution is -0.107. The van der Waals surface area contributed by atoms with Gasteiger partial charge in [-0.05, 0) is 31.9 Å². The van der Waals surface area contributed by atoms with Crippen LogP contribution in [0.4, 0.5) is 0 Å². The van der Waals surface area contributed by atoms with E-state index in [0.29, 0.717) is 6.42 Å². The lowest BCUT2D eigenvalue weighted by Crippen LogP contribution is -1.99. The van der Waals surface area contributed by atoms with Gasteiger partial charge in [0.05, 0.1) is 6.61 Å². The second-order valence-corrected chi connectivity index (χ2v) is 5.29. The zero-order chi connectivity index (χ0) is 13.2. The number of benzene rings is 1. The predicted molar refractivity (Wildman–Crippen MR) is 78.1 cm³/mol. The summed E-state index contributed by atoms with van der Waals surface area (Å²) in [4.78, 5) is 10.1. The average molecular weight is 313 g/mol. The third-order valence-electron chi connectivity index (χ3n) is 2.94. The molecule has 0 aliphatic carbocycles. The smallest absolute Gasteiger partial charge is 0.123 e. The van der Waals surface area contributed by atoms with Gasteiger partial charge in [0.1, 0.15) is 12.0 Å². The highest BCUT2D eigenvalue weighted by molar-refractivity contribution is 9.10. The Bertz CT molecular complexity index is 364. The molecular weight excluding hydrogens is 292 g/mol. The van der Waals surface area contributed by atoms with Crippen LogP contribution in [0.5, 0.6) is 5.75 Å². The molecule has 0 atom stereocenters. The van der Waals surface area contributed by atoms with Crippen LogP contribution < -0.4 is 4.74 Å². The molecule has 0 aliphatic rings. The van der Waals surface area contributed by atoms with E-state index in [1.54, 1.807) is 0 Å². The third kappa shape index (κ3) is 5.67. The van der Waals surface area contributed by atoms with Crippen LogP contribution >= 0.6 is 15.9 Å². The normalized spacial score (nSPS) is 10.3. The van der Waals surface area contributed by atoms with Crippen molar-refractivity contribution in [1.82, 2.24) is 0 Å². The molecule has 0 heterocycles. The summed E-state index contributed by atoms with van der Waals surface area (Å²) in [5.74, 6) is 0.963. The van der Waals surface area contributed by atoms with Crippen LogP contribution in [0.2, 0.25) is 0 Å². The minimum absolute atomic E-state index is 0.702. The summed E-state index contributed by atoms with van der Waals surface area (Å²) < 4.78 is 6.85. The first-order chi connectivity index (χ1) is 8.75. The van der Waals surface area contributed by atoms with Crippen molar-refractivity contribution in [3.05, 3.63) is 28.2 Å². The molecule has 0 aromatic heterocycles. The molecule has 0 unspecified atom stereocenters. The Balaban J connectivity index is 2.11. The van der Waals surface area contributed by atoms with Gasteiger partial charge in [0.2, 0.25) is 0 Å². The number of carbonyl (C=O) groups is 1. The minimum Gasteiger partial charge on any atom is -0.493 e. The third-order valence-corrected chi connectivity index (χ3v) is 3.80. The van der Waals surface area contributed by atoms with Crippen LogP contribution in [0.3, 0.4) is 0 Å². The molecule has 100 valence electrons. The van der Waals surface area contributed by atoms with Crippen molar-refractivity contribution in [2.75, 3.05) is 6.61 Å². The van der Waals surface area contributed by atoms with Crippen molar-refractivity contribution in [1.29, 1.82) is 0 Å². The van der Waals surface area contributed by atoms with Crippen LogP contribution in [0.15, 0.2) is 22.7 Å². The molecule has 0 saturated carbocycles. The summed E-state index contributed by atoms with van der Waals surface area (Å²) in [5, 5.41) is 0. The molecule has 0 N–H and O–H groups in total. The van der Waals surface area contributed by atoms with E-state index >= 15 is 0 Å². The monoisotopic (exact) mass is 312 g/mol. The van der Waals surface area contributed by atoms with Gasteiger partial charge in [-0.1, -0.05) is 41.3 Å². The molecule has 0 saturated heterocycles. The van der Waals surface area contributed by atoms with Gasteiger partial charge in [-0.15, -0.1) is 0 Å². The van der Waals surface area contributed by atoms with E-state index < -0.39 is 0 Å².